The predicted molar refractivity (Wildman–Crippen MR) is 121 cm³/mol. The molecule has 0 aliphatic heterocycles. The molecule has 0 radical (unpaired) electrons. The van der Waals surface area contributed by atoms with Gasteiger partial charge in [0.05, 0.1) is 0 Å². The van der Waals surface area contributed by atoms with Crippen molar-refractivity contribution in [1.82, 2.24) is 0 Å². The van der Waals surface area contributed by atoms with E-state index in [0.717, 1.165) is 5.69 Å². The number of benzene rings is 1. The summed E-state index contributed by atoms with van der Waals surface area (Å²) >= 11 is -2.38. The molecular formula is C23H41NO2Sn. The molecule has 0 bridgehead atoms. The zero-order valence-electron chi connectivity index (χ0n) is 18.5. The van der Waals surface area contributed by atoms with Crippen molar-refractivity contribution in [2.24, 2.45) is 0 Å². The molecule has 4 heteroatoms. The molecule has 0 spiro atoms. The van der Waals surface area contributed by atoms with E-state index < -0.39 is 24.0 Å². The standard InChI is InChI=1S/C11H14NO2.3C4H9.Sn/c1-11(2,3)14-10(13)12-9-7-5-4-6-8-9;3*1-3-4-2;/h5-8H,1-3H3,(H,12,13);3*1,3-4H2,2H3;. The van der Waals surface area contributed by atoms with Gasteiger partial charge in [-0.3, -0.25) is 0 Å². The number of carbonyl (C=O) groups excluding carboxylic acids is 1. The third-order valence-electron chi connectivity index (χ3n) is 5.17. The molecule has 0 aliphatic rings. The molecule has 0 unspecified atom stereocenters. The molecule has 1 aromatic rings. The number of anilines is 1. The average Bonchev–Trinajstić information content (AvgIpc) is 2.60. The van der Waals surface area contributed by atoms with Gasteiger partial charge in [0.25, 0.3) is 0 Å². The monoisotopic (exact) mass is 483 g/mol. The third-order valence-corrected chi connectivity index (χ3v) is 20.8. The Kier molecular flexibility index (Phi) is 10.8. The summed E-state index contributed by atoms with van der Waals surface area (Å²) in [6.07, 6.45) is 7.57. The second kappa shape index (κ2) is 12.0. The number of hydrogen-bond acceptors (Lipinski definition) is 2. The summed E-state index contributed by atoms with van der Waals surface area (Å²) in [7, 11) is 0. The fraction of sp³-hybridized carbons (Fsp3) is 0.696. The van der Waals surface area contributed by atoms with Gasteiger partial charge in [-0.1, -0.05) is 0 Å². The van der Waals surface area contributed by atoms with Crippen molar-refractivity contribution in [3.05, 3.63) is 24.3 Å². The minimum absolute atomic E-state index is 0.382. The van der Waals surface area contributed by atoms with Crippen molar-refractivity contribution in [2.75, 3.05) is 5.32 Å². The summed E-state index contributed by atoms with van der Waals surface area (Å²) < 4.78 is 11.4. The molecule has 0 saturated carbocycles. The summed E-state index contributed by atoms with van der Waals surface area (Å²) in [6, 6.07) is 8.77. The summed E-state index contributed by atoms with van der Waals surface area (Å²) in [4.78, 5) is 12.0. The van der Waals surface area contributed by atoms with Crippen molar-refractivity contribution in [3.63, 3.8) is 0 Å². The molecule has 0 aromatic heterocycles. The SMILES string of the molecule is CCC[CH2][Sn]([CH2]CCC)([CH2]CCC)[c]1ccc(NC(=O)OC(C)(C)C)cc1. The van der Waals surface area contributed by atoms with Crippen LogP contribution in [0.2, 0.25) is 13.3 Å². The molecule has 3 nitrogen and oxygen atoms in total. The van der Waals surface area contributed by atoms with Gasteiger partial charge < -0.3 is 0 Å². The summed E-state index contributed by atoms with van der Waals surface area (Å²) in [5, 5.41) is 2.87. The van der Waals surface area contributed by atoms with Crippen LogP contribution in [-0.4, -0.2) is 30.1 Å². The second-order valence-electron chi connectivity index (χ2n) is 8.80. The normalized spacial score (nSPS) is 12.1. The van der Waals surface area contributed by atoms with E-state index in [-0.39, 0.29) is 6.09 Å². The van der Waals surface area contributed by atoms with E-state index in [1.807, 2.05) is 20.8 Å². The number of carbonyl (C=O) groups is 1. The first-order valence-corrected chi connectivity index (χ1v) is 18.3. The van der Waals surface area contributed by atoms with E-state index in [1.54, 1.807) is 3.58 Å². The molecular weight excluding hydrogens is 441 g/mol. The van der Waals surface area contributed by atoms with Crippen molar-refractivity contribution in [1.29, 1.82) is 0 Å². The summed E-state index contributed by atoms with van der Waals surface area (Å²) in [5.41, 5.74) is 0.352. The third kappa shape index (κ3) is 8.89. The Labute approximate surface area is 171 Å². The molecule has 154 valence electrons. The van der Waals surface area contributed by atoms with Gasteiger partial charge >= 0.3 is 172 Å². The number of amides is 1. The van der Waals surface area contributed by atoms with Gasteiger partial charge in [0, 0.05) is 0 Å². The maximum absolute atomic E-state index is 12.0. The van der Waals surface area contributed by atoms with E-state index in [0.29, 0.717) is 0 Å². The number of hydrogen-bond donors (Lipinski definition) is 1. The quantitative estimate of drug-likeness (QED) is 0.342. The Balaban J connectivity index is 2.98. The molecule has 0 atom stereocenters. The Morgan fingerprint density at radius 3 is 1.70 bits per heavy atom. The van der Waals surface area contributed by atoms with Crippen LogP contribution in [-0.2, 0) is 4.74 Å². The van der Waals surface area contributed by atoms with Crippen LogP contribution in [0.15, 0.2) is 24.3 Å². The zero-order valence-corrected chi connectivity index (χ0v) is 21.3. The molecule has 1 aromatic carbocycles. The fourth-order valence-corrected chi connectivity index (χ4v) is 19.6. The van der Waals surface area contributed by atoms with E-state index in [9.17, 15) is 4.79 Å². The minimum atomic E-state index is -2.38. The van der Waals surface area contributed by atoms with Crippen LogP contribution in [0.3, 0.4) is 0 Å². The molecule has 1 N–H and O–H groups in total. The van der Waals surface area contributed by atoms with Gasteiger partial charge in [-0.15, -0.1) is 0 Å². The summed E-state index contributed by atoms with van der Waals surface area (Å²) in [6.45, 7) is 12.6. The number of ether oxygens (including phenoxy) is 1. The van der Waals surface area contributed by atoms with Crippen molar-refractivity contribution < 1.29 is 9.53 Å². The second-order valence-corrected chi connectivity index (χ2v) is 22.0. The van der Waals surface area contributed by atoms with E-state index >= 15 is 0 Å². The van der Waals surface area contributed by atoms with Gasteiger partial charge in [0.15, 0.2) is 0 Å². The van der Waals surface area contributed by atoms with Gasteiger partial charge in [0.1, 0.15) is 0 Å². The number of nitrogens with one attached hydrogen (secondary N) is 1. The van der Waals surface area contributed by atoms with E-state index in [1.165, 1.54) is 51.8 Å². The summed E-state index contributed by atoms with van der Waals surface area (Å²) in [5.74, 6) is 0. The Morgan fingerprint density at radius 2 is 1.33 bits per heavy atom. The Morgan fingerprint density at radius 1 is 0.889 bits per heavy atom. The first kappa shape index (κ1) is 24.3. The van der Waals surface area contributed by atoms with Crippen LogP contribution in [0.1, 0.15) is 80.1 Å². The van der Waals surface area contributed by atoms with Crippen LogP contribution >= 0.6 is 0 Å². The van der Waals surface area contributed by atoms with Crippen LogP contribution in [0, 0.1) is 0 Å². The fourth-order valence-electron chi connectivity index (χ4n) is 3.68. The average molecular weight is 482 g/mol. The van der Waals surface area contributed by atoms with Crippen molar-refractivity contribution >= 4 is 33.7 Å². The van der Waals surface area contributed by atoms with Crippen LogP contribution in [0.4, 0.5) is 10.5 Å². The van der Waals surface area contributed by atoms with Gasteiger partial charge in [-0.2, -0.15) is 0 Å². The van der Waals surface area contributed by atoms with Crippen LogP contribution < -0.4 is 8.90 Å². The predicted octanol–water partition coefficient (Wildman–Crippen LogP) is 7.09. The molecule has 0 saturated heterocycles. The van der Waals surface area contributed by atoms with Crippen molar-refractivity contribution in [2.45, 2.75) is 99.0 Å². The maximum atomic E-state index is 12.0. The zero-order chi connectivity index (χ0) is 20.3. The Hall–Kier alpha value is -0.711. The molecule has 0 fully saturated rings. The first-order chi connectivity index (χ1) is 12.8. The molecule has 0 aliphatic carbocycles. The van der Waals surface area contributed by atoms with Gasteiger partial charge in [-0.05, 0) is 0 Å². The van der Waals surface area contributed by atoms with Crippen LogP contribution in [0.5, 0.6) is 0 Å². The van der Waals surface area contributed by atoms with Gasteiger partial charge in [-0.25, -0.2) is 0 Å². The molecule has 1 amide bonds. The topological polar surface area (TPSA) is 38.3 Å². The van der Waals surface area contributed by atoms with Crippen molar-refractivity contribution in [3.8, 4) is 0 Å². The van der Waals surface area contributed by atoms with E-state index in [4.69, 9.17) is 4.74 Å². The van der Waals surface area contributed by atoms with E-state index in [2.05, 4.69) is 50.4 Å². The molecule has 0 heterocycles. The first-order valence-electron chi connectivity index (χ1n) is 10.9. The van der Waals surface area contributed by atoms with Crippen LogP contribution in [0.25, 0.3) is 0 Å². The Bertz CT molecular complexity index is 527. The van der Waals surface area contributed by atoms with Gasteiger partial charge in [0.2, 0.25) is 0 Å². The number of unbranched alkanes of at least 4 members (excludes halogenated alkanes) is 3. The number of rotatable bonds is 11. The molecule has 27 heavy (non-hydrogen) atoms. The molecule has 1 rings (SSSR count).